The molecule has 2 atom stereocenters. The second-order valence-corrected chi connectivity index (χ2v) is 6.04. The molecule has 1 aromatic heterocycles. The fourth-order valence-corrected chi connectivity index (χ4v) is 2.99. The molecule has 2 N–H and O–H groups in total. The number of nitrogens with one attached hydrogen (secondary N) is 1. The lowest BCUT2D eigenvalue weighted by Crippen LogP contribution is -2.76. The molecule has 0 aliphatic heterocycles. The molecular formula is C15H22N2O4. The lowest BCUT2D eigenvalue weighted by atomic mass is 9.54. The highest BCUT2D eigenvalue weighted by Crippen LogP contribution is 2.51. The number of amides is 1. The van der Waals surface area contributed by atoms with E-state index in [4.69, 9.17) is 4.74 Å². The van der Waals surface area contributed by atoms with E-state index < -0.39 is 16.9 Å². The molecule has 6 heteroatoms. The highest BCUT2D eigenvalue weighted by molar-refractivity contribution is 5.97. The van der Waals surface area contributed by atoms with Gasteiger partial charge in [-0.25, -0.2) is 4.79 Å². The van der Waals surface area contributed by atoms with Crippen molar-refractivity contribution in [2.24, 2.45) is 12.5 Å². The van der Waals surface area contributed by atoms with E-state index >= 15 is 0 Å². The standard InChI is InChI=1S/C15H22N2O4/c1-5-21-11-9-15(13(19)20,14(11,2)3)16-12(18)10-7-6-8-17(10)4/h6-8,11H,5,9H2,1-4H3,(H,16,18)(H,19,20)/t11-,15+/m1/s1. The molecule has 2 rings (SSSR count). The Hall–Kier alpha value is -1.82. The first-order valence-corrected chi connectivity index (χ1v) is 7.05. The highest BCUT2D eigenvalue weighted by atomic mass is 16.5. The van der Waals surface area contributed by atoms with Gasteiger partial charge in [0.05, 0.1) is 6.10 Å². The van der Waals surface area contributed by atoms with Crippen LogP contribution >= 0.6 is 0 Å². The molecule has 6 nitrogen and oxygen atoms in total. The zero-order valence-corrected chi connectivity index (χ0v) is 12.8. The van der Waals surface area contributed by atoms with Gasteiger partial charge in [0.25, 0.3) is 5.91 Å². The van der Waals surface area contributed by atoms with Crippen LogP contribution < -0.4 is 5.32 Å². The maximum absolute atomic E-state index is 12.4. The number of carboxylic acids is 1. The normalized spacial score (nSPS) is 27.0. The Labute approximate surface area is 124 Å². The second kappa shape index (κ2) is 5.18. The van der Waals surface area contributed by atoms with E-state index in [1.807, 2.05) is 20.8 Å². The molecule has 0 radical (unpaired) electrons. The number of carboxylic acid groups (broad SMARTS) is 1. The fraction of sp³-hybridized carbons (Fsp3) is 0.600. The molecule has 0 saturated heterocycles. The van der Waals surface area contributed by atoms with Crippen LogP contribution in [-0.4, -0.2) is 39.8 Å². The monoisotopic (exact) mass is 294 g/mol. The van der Waals surface area contributed by atoms with Crippen molar-refractivity contribution in [3.8, 4) is 0 Å². The summed E-state index contributed by atoms with van der Waals surface area (Å²) in [4.78, 5) is 24.1. The Bertz CT molecular complexity index is 564. The third-order valence-corrected chi connectivity index (χ3v) is 4.63. The van der Waals surface area contributed by atoms with E-state index in [1.165, 1.54) is 0 Å². The zero-order chi connectivity index (χ0) is 15.8. The molecule has 116 valence electrons. The molecule has 1 fully saturated rings. The van der Waals surface area contributed by atoms with Crippen LogP contribution in [0.25, 0.3) is 0 Å². The first kappa shape index (κ1) is 15.6. The molecule has 0 bridgehead atoms. The van der Waals surface area contributed by atoms with Gasteiger partial charge in [-0.3, -0.25) is 4.79 Å². The number of hydrogen-bond acceptors (Lipinski definition) is 3. The molecule has 1 saturated carbocycles. The van der Waals surface area contributed by atoms with Crippen LogP contribution in [0, 0.1) is 5.41 Å². The van der Waals surface area contributed by atoms with Gasteiger partial charge in [0.2, 0.25) is 0 Å². The van der Waals surface area contributed by atoms with Crippen LogP contribution in [0.15, 0.2) is 18.3 Å². The summed E-state index contributed by atoms with van der Waals surface area (Å²) < 4.78 is 7.24. The van der Waals surface area contributed by atoms with Gasteiger partial charge in [0.15, 0.2) is 0 Å². The van der Waals surface area contributed by atoms with E-state index in [2.05, 4.69) is 5.32 Å². The summed E-state index contributed by atoms with van der Waals surface area (Å²) >= 11 is 0. The molecule has 0 spiro atoms. The lowest BCUT2D eigenvalue weighted by molar-refractivity contribution is -0.190. The number of nitrogens with zero attached hydrogens (tertiary/aromatic N) is 1. The summed E-state index contributed by atoms with van der Waals surface area (Å²) in [5, 5.41) is 12.4. The predicted octanol–water partition coefficient (Wildman–Crippen LogP) is 1.41. The minimum atomic E-state index is -1.30. The van der Waals surface area contributed by atoms with Crippen LogP contribution in [0.4, 0.5) is 0 Å². The Kier molecular flexibility index (Phi) is 3.84. The quantitative estimate of drug-likeness (QED) is 0.860. The summed E-state index contributed by atoms with van der Waals surface area (Å²) in [6.45, 7) is 6.03. The largest absolute Gasteiger partial charge is 0.479 e. The Morgan fingerprint density at radius 1 is 1.52 bits per heavy atom. The Balaban J connectivity index is 2.24. The van der Waals surface area contributed by atoms with Crippen molar-refractivity contribution in [1.82, 2.24) is 9.88 Å². The maximum Gasteiger partial charge on any atom is 0.330 e. The first-order valence-electron chi connectivity index (χ1n) is 7.05. The van der Waals surface area contributed by atoms with Crippen molar-refractivity contribution in [2.45, 2.75) is 38.8 Å². The van der Waals surface area contributed by atoms with Gasteiger partial charge >= 0.3 is 5.97 Å². The minimum Gasteiger partial charge on any atom is -0.479 e. The van der Waals surface area contributed by atoms with Gasteiger partial charge in [-0.15, -0.1) is 0 Å². The van der Waals surface area contributed by atoms with E-state index in [0.717, 1.165) is 0 Å². The van der Waals surface area contributed by atoms with E-state index in [1.54, 1.807) is 29.9 Å². The van der Waals surface area contributed by atoms with Crippen molar-refractivity contribution in [2.75, 3.05) is 6.61 Å². The summed E-state index contributed by atoms with van der Waals surface area (Å²) in [5.74, 6) is -1.40. The number of ether oxygens (including phenoxy) is 1. The van der Waals surface area contributed by atoms with Crippen molar-refractivity contribution >= 4 is 11.9 Å². The SMILES string of the molecule is CCO[C@@H]1C[C@](NC(=O)c2cccn2C)(C(=O)O)C1(C)C. The topological polar surface area (TPSA) is 80.6 Å². The van der Waals surface area contributed by atoms with Crippen LogP contribution in [-0.2, 0) is 16.6 Å². The number of aryl methyl sites for hydroxylation is 1. The smallest absolute Gasteiger partial charge is 0.330 e. The van der Waals surface area contributed by atoms with Crippen LogP contribution in [0.3, 0.4) is 0 Å². The van der Waals surface area contributed by atoms with Crippen molar-refractivity contribution in [3.05, 3.63) is 24.0 Å². The van der Waals surface area contributed by atoms with Crippen LogP contribution in [0.2, 0.25) is 0 Å². The average molecular weight is 294 g/mol. The Morgan fingerprint density at radius 2 is 2.19 bits per heavy atom. The lowest BCUT2D eigenvalue weighted by Gasteiger charge is -2.58. The molecule has 1 aliphatic rings. The summed E-state index contributed by atoms with van der Waals surface area (Å²) in [6, 6.07) is 3.41. The van der Waals surface area contributed by atoms with Gasteiger partial charge in [-0.05, 0) is 19.1 Å². The van der Waals surface area contributed by atoms with Gasteiger partial charge in [-0.1, -0.05) is 13.8 Å². The van der Waals surface area contributed by atoms with Crippen molar-refractivity contribution < 1.29 is 19.4 Å². The number of hydrogen-bond donors (Lipinski definition) is 2. The molecule has 1 amide bonds. The van der Waals surface area contributed by atoms with Gasteiger partial charge in [0.1, 0.15) is 11.2 Å². The van der Waals surface area contributed by atoms with Gasteiger partial charge < -0.3 is 19.7 Å². The number of aromatic nitrogens is 1. The number of aliphatic carboxylic acids is 1. The van der Waals surface area contributed by atoms with E-state index in [0.29, 0.717) is 12.3 Å². The van der Waals surface area contributed by atoms with Gasteiger partial charge in [-0.2, -0.15) is 0 Å². The van der Waals surface area contributed by atoms with E-state index in [9.17, 15) is 14.7 Å². The van der Waals surface area contributed by atoms with Crippen molar-refractivity contribution in [3.63, 3.8) is 0 Å². The Morgan fingerprint density at radius 3 is 2.62 bits per heavy atom. The average Bonchev–Trinajstić information content (AvgIpc) is 2.83. The van der Waals surface area contributed by atoms with Crippen LogP contribution in [0.5, 0.6) is 0 Å². The molecular weight excluding hydrogens is 272 g/mol. The second-order valence-electron chi connectivity index (χ2n) is 6.04. The van der Waals surface area contributed by atoms with Crippen molar-refractivity contribution in [1.29, 1.82) is 0 Å². The maximum atomic E-state index is 12.4. The van der Waals surface area contributed by atoms with Crippen LogP contribution in [0.1, 0.15) is 37.7 Å². The predicted molar refractivity (Wildman–Crippen MR) is 77.1 cm³/mol. The minimum absolute atomic E-state index is 0.174. The first-order chi connectivity index (χ1) is 9.76. The molecule has 21 heavy (non-hydrogen) atoms. The third-order valence-electron chi connectivity index (χ3n) is 4.63. The molecule has 0 aromatic carbocycles. The molecule has 1 heterocycles. The molecule has 1 aliphatic carbocycles. The summed E-state index contributed by atoms with van der Waals surface area (Å²) in [6.07, 6.45) is 1.85. The zero-order valence-electron chi connectivity index (χ0n) is 12.8. The third kappa shape index (κ3) is 2.23. The highest BCUT2D eigenvalue weighted by Gasteiger charge is 2.66. The number of carbonyl (C=O) groups excluding carboxylic acids is 1. The number of carbonyl (C=O) groups is 2. The summed E-state index contributed by atoms with van der Waals surface area (Å²) in [7, 11) is 1.75. The van der Waals surface area contributed by atoms with E-state index in [-0.39, 0.29) is 18.4 Å². The summed E-state index contributed by atoms with van der Waals surface area (Å²) in [5.41, 5.74) is -1.53. The molecule has 0 unspecified atom stereocenters. The fourth-order valence-electron chi connectivity index (χ4n) is 2.99. The molecule has 1 aromatic rings. The number of rotatable bonds is 5. The van der Waals surface area contributed by atoms with Gasteiger partial charge in [0, 0.05) is 31.7 Å².